The Balaban J connectivity index is 1.87. The molecular weight excluding hydrogens is 324 g/mol. The molecule has 19 heavy (non-hydrogen) atoms. The van der Waals surface area contributed by atoms with Crippen molar-refractivity contribution in [1.29, 1.82) is 0 Å². The van der Waals surface area contributed by atoms with Crippen LogP contribution in [0.25, 0.3) is 0 Å². The number of halogens is 2. The number of ether oxygens (including phenoxy) is 1. The highest BCUT2D eigenvalue weighted by Crippen LogP contribution is 2.58. The van der Waals surface area contributed by atoms with Crippen LogP contribution in [-0.2, 0) is 6.42 Å². The lowest BCUT2D eigenvalue weighted by Crippen LogP contribution is -2.32. The summed E-state index contributed by atoms with van der Waals surface area (Å²) in [4.78, 5) is 0. The number of hydrogen-bond acceptors (Lipinski definition) is 1. The van der Waals surface area contributed by atoms with Crippen molar-refractivity contribution in [3.63, 3.8) is 0 Å². The van der Waals surface area contributed by atoms with Gasteiger partial charge in [-0.05, 0) is 66.7 Å². The third-order valence-corrected chi connectivity index (χ3v) is 6.47. The van der Waals surface area contributed by atoms with E-state index in [-0.39, 0.29) is 0 Å². The molecule has 3 atom stereocenters. The fourth-order valence-electron chi connectivity index (χ4n) is 4.18. The highest BCUT2D eigenvalue weighted by Gasteiger charge is 2.50. The third kappa shape index (κ3) is 2.42. The predicted octanol–water partition coefficient (Wildman–Crippen LogP) is 5.05. The Labute approximate surface area is 128 Å². The highest BCUT2D eigenvalue weighted by atomic mass is 79.9. The van der Waals surface area contributed by atoms with Crippen molar-refractivity contribution in [2.24, 2.45) is 17.3 Å². The quantitative estimate of drug-likeness (QED) is 0.695. The van der Waals surface area contributed by atoms with Crippen molar-refractivity contribution in [2.75, 3.05) is 13.0 Å². The fraction of sp³-hybridized carbons (Fsp3) is 0.625. The Bertz CT molecular complexity index is 476. The summed E-state index contributed by atoms with van der Waals surface area (Å²) in [6.07, 6.45) is 6.58. The van der Waals surface area contributed by atoms with Crippen molar-refractivity contribution in [3.8, 4) is 5.75 Å². The molecule has 2 aliphatic rings. The number of hydrogen-bond donors (Lipinski definition) is 0. The first-order valence-electron chi connectivity index (χ1n) is 7.05. The monoisotopic (exact) mass is 342 g/mol. The van der Waals surface area contributed by atoms with Crippen LogP contribution in [-0.4, -0.2) is 13.0 Å². The normalized spacial score (nSPS) is 32.8. The lowest BCUT2D eigenvalue weighted by Gasteiger charge is -2.36. The molecule has 1 aromatic rings. The molecule has 0 N–H and O–H groups in total. The third-order valence-electron chi connectivity index (χ3n) is 5.16. The molecule has 104 valence electrons. The standard InChI is InChI=1S/C16H20BrClO/c1-19-14-4-5-15(17)12(7-14)9-16(10-18)8-11-2-3-13(16)6-11/h4-5,7,11,13H,2-3,6,8-10H2,1H3. The van der Waals surface area contributed by atoms with Gasteiger partial charge in [0.2, 0.25) is 0 Å². The largest absolute Gasteiger partial charge is 0.497 e. The van der Waals surface area contributed by atoms with Crippen molar-refractivity contribution in [1.82, 2.24) is 0 Å². The Kier molecular flexibility index (Phi) is 3.83. The molecular formula is C16H20BrClO. The highest BCUT2D eigenvalue weighted by molar-refractivity contribution is 9.10. The van der Waals surface area contributed by atoms with Crippen LogP contribution in [0.3, 0.4) is 0 Å². The van der Waals surface area contributed by atoms with Crippen LogP contribution < -0.4 is 4.74 Å². The zero-order chi connectivity index (χ0) is 13.5. The molecule has 1 aromatic carbocycles. The molecule has 0 aromatic heterocycles. The van der Waals surface area contributed by atoms with Gasteiger partial charge in [-0.25, -0.2) is 0 Å². The van der Waals surface area contributed by atoms with Crippen molar-refractivity contribution in [3.05, 3.63) is 28.2 Å². The first kappa shape index (κ1) is 13.8. The minimum atomic E-state index is 0.319. The summed E-state index contributed by atoms with van der Waals surface area (Å²) in [6.45, 7) is 0. The zero-order valence-corrected chi connectivity index (χ0v) is 13.6. The molecule has 3 heteroatoms. The molecule has 0 amide bonds. The van der Waals surface area contributed by atoms with E-state index < -0.39 is 0 Å². The van der Waals surface area contributed by atoms with Crippen LogP contribution in [0, 0.1) is 17.3 Å². The van der Waals surface area contributed by atoms with Gasteiger partial charge in [0.05, 0.1) is 7.11 Å². The summed E-state index contributed by atoms with van der Waals surface area (Å²) >= 11 is 10.1. The van der Waals surface area contributed by atoms with Gasteiger partial charge in [0.1, 0.15) is 5.75 Å². The van der Waals surface area contributed by atoms with Gasteiger partial charge in [0.15, 0.2) is 0 Å². The maximum Gasteiger partial charge on any atom is 0.119 e. The second-order valence-electron chi connectivity index (χ2n) is 6.21. The van der Waals surface area contributed by atoms with E-state index in [1.165, 1.54) is 35.7 Å². The van der Waals surface area contributed by atoms with Gasteiger partial charge < -0.3 is 4.74 Å². The van der Waals surface area contributed by atoms with Gasteiger partial charge in [-0.1, -0.05) is 22.4 Å². The van der Waals surface area contributed by atoms with E-state index in [2.05, 4.69) is 28.1 Å². The minimum absolute atomic E-state index is 0.319. The van der Waals surface area contributed by atoms with Gasteiger partial charge in [0.25, 0.3) is 0 Å². The Hall–Kier alpha value is -0.210. The zero-order valence-electron chi connectivity index (χ0n) is 11.3. The topological polar surface area (TPSA) is 9.23 Å². The van der Waals surface area contributed by atoms with E-state index in [1.807, 2.05) is 6.07 Å². The van der Waals surface area contributed by atoms with Gasteiger partial charge in [-0.2, -0.15) is 0 Å². The van der Waals surface area contributed by atoms with E-state index in [9.17, 15) is 0 Å². The molecule has 0 spiro atoms. The van der Waals surface area contributed by atoms with Crippen LogP contribution in [0.5, 0.6) is 5.75 Å². The van der Waals surface area contributed by atoms with Gasteiger partial charge >= 0.3 is 0 Å². The molecule has 0 heterocycles. The van der Waals surface area contributed by atoms with Crippen molar-refractivity contribution >= 4 is 27.5 Å². The SMILES string of the molecule is COc1ccc(Br)c(CC2(CCl)CC3CCC2C3)c1. The molecule has 2 aliphatic carbocycles. The summed E-state index contributed by atoms with van der Waals surface area (Å²) in [5.41, 5.74) is 1.66. The fourth-order valence-corrected chi connectivity index (χ4v) is 4.99. The van der Waals surface area contributed by atoms with Gasteiger partial charge in [0, 0.05) is 10.4 Å². The van der Waals surface area contributed by atoms with Crippen LogP contribution in [0.15, 0.2) is 22.7 Å². The summed E-state index contributed by atoms with van der Waals surface area (Å²) in [5, 5.41) is 0. The predicted molar refractivity (Wildman–Crippen MR) is 83.0 cm³/mol. The average Bonchev–Trinajstić information content (AvgIpc) is 3.02. The van der Waals surface area contributed by atoms with Crippen molar-refractivity contribution in [2.45, 2.75) is 32.1 Å². The first-order chi connectivity index (χ1) is 9.16. The molecule has 0 radical (unpaired) electrons. The number of rotatable bonds is 4. The van der Waals surface area contributed by atoms with Gasteiger partial charge in [-0.3, -0.25) is 0 Å². The van der Waals surface area contributed by atoms with E-state index in [4.69, 9.17) is 16.3 Å². The lowest BCUT2D eigenvalue weighted by molar-refractivity contribution is 0.192. The number of benzene rings is 1. The Morgan fingerprint density at radius 1 is 1.42 bits per heavy atom. The molecule has 3 rings (SSSR count). The summed E-state index contributed by atoms with van der Waals surface area (Å²) in [5.74, 6) is 3.48. The number of alkyl halides is 1. The molecule has 3 unspecified atom stereocenters. The minimum Gasteiger partial charge on any atom is -0.497 e. The van der Waals surface area contributed by atoms with E-state index >= 15 is 0 Å². The summed E-state index contributed by atoms with van der Waals surface area (Å²) < 4.78 is 6.53. The maximum atomic E-state index is 6.39. The lowest BCUT2D eigenvalue weighted by atomic mass is 9.71. The molecule has 2 fully saturated rings. The molecule has 1 nitrogen and oxygen atoms in total. The summed E-state index contributed by atoms with van der Waals surface area (Å²) in [6, 6.07) is 6.25. The Morgan fingerprint density at radius 2 is 2.26 bits per heavy atom. The molecule has 2 bridgehead atoms. The van der Waals surface area contributed by atoms with Crippen LogP contribution >= 0.6 is 27.5 Å². The molecule has 0 saturated heterocycles. The van der Waals surface area contributed by atoms with E-state index in [1.54, 1.807) is 7.11 Å². The summed E-state index contributed by atoms with van der Waals surface area (Å²) in [7, 11) is 1.72. The van der Waals surface area contributed by atoms with Crippen LogP contribution in [0.2, 0.25) is 0 Å². The smallest absolute Gasteiger partial charge is 0.119 e. The maximum absolute atomic E-state index is 6.39. The van der Waals surface area contributed by atoms with Crippen molar-refractivity contribution < 1.29 is 4.74 Å². The molecule has 2 saturated carbocycles. The Morgan fingerprint density at radius 3 is 2.84 bits per heavy atom. The van der Waals surface area contributed by atoms with Crippen LogP contribution in [0.1, 0.15) is 31.2 Å². The van der Waals surface area contributed by atoms with E-state index in [0.29, 0.717) is 5.41 Å². The molecule has 0 aliphatic heterocycles. The number of fused-ring (bicyclic) bond motifs is 2. The van der Waals surface area contributed by atoms with Gasteiger partial charge in [-0.15, -0.1) is 11.6 Å². The number of methoxy groups -OCH3 is 1. The second-order valence-corrected chi connectivity index (χ2v) is 7.33. The first-order valence-corrected chi connectivity index (χ1v) is 8.38. The second kappa shape index (κ2) is 5.29. The van der Waals surface area contributed by atoms with E-state index in [0.717, 1.165) is 29.9 Å². The van der Waals surface area contributed by atoms with Crippen LogP contribution in [0.4, 0.5) is 0 Å². The average molecular weight is 344 g/mol.